The van der Waals surface area contributed by atoms with Crippen LogP contribution in [0.2, 0.25) is 0 Å². The van der Waals surface area contributed by atoms with Gasteiger partial charge in [0.2, 0.25) is 0 Å². The highest BCUT2D eigenvalue weighted by molar-refractivity contribution is 8.48. The van der Waals surface area contributed by atoms with Crippen molar-refractivity contribution in [3.63, 3.8) is 0 Å². The van der Waals surface area contributed by atoms with E-state index < -0.39 is 11.9 Å². The second-order valence-corrected chi connectivity index (χ2v) is 19.5. The Kier molecular flexibility index (Phi) is 11.8. The topological polar surface area (TPSA) is 52.6 Å². The summed E-state index contributed by atoms with van der Waals surface area (Å²) < 4.78 is 19.8. The van der Waals surface area contributed by atoms with Crippen molar-refractivity contribution in [3.8, 4) is 0 Å². The van der Waals surface area contributed by atoms with E-state index in [1.807, 2.05) is 82.7 Å². The minimum absolute atomic E-state index is 0.274. The van der Waals surface area contributed by atoms with E-state index in [-0.39, 0.29) is 9.81 Å². The zero-order valence-electron chi connectivity index (χ0n) is 19.4. The molecule has 36 heavy (non-hydrogen) atoms. The van der Waals surface area contributed by atoms with Crippen molar-refractivity contribution < 1.29 is 19.1 Å². The lowest BCUT2D eigenvalue weighted by atomic mass is 10.5. The van der Waals surface area contributed by atoms with Crippen molar-refractivity contribution >= 4 is 130 Å². The van der Waals surface area contributed by atoms with Gasteiger partial charge in [-0.15, -0.1) is 23.5 Å². The fourth-order valence-electron chi connectivity index (χ4n) is 2.65. The van der Waals surface area contributed by atoms with E-state index in [2.05, 4.69) is 26.0 Å². The Morgan fingerprint density at radius 3 is 1.28 bits per heavy atom. The van der Waals surface area contributed by atoms with Gasteiger partial charge in [-0.3, -0.25) is 0 Å². The maximum absolute atomic E-state index is 12.0. The minimum Gasteiger partial charge on any atom is -0.465 e. The molecule has 0 atom stereocenters. The lowest BCUT2D eigenvalue weighted by Crippen LogP contribution is -2.08. The molecule has 0 aromatic carbocycles. The van der Waals surface area contributed by atoms with Crippen LogP contribution in [0.3, 0.4) is 0 Å². The average molecular weight is 669 g/mol. The largest absolute Gasteiger partial charge is 0.465 e. The predicted molar refractivity (Wildman–Crippen MR) is 174 cm³/mol. The van der Waals surface area contributed by atoms with Crippen molar-refractivity contribution in [1.29, 1.82) is 0 Å². The van der Waals surface area contributed by atoms with Crippen LogP contribution in [0, 0.1) is 0 Å². The van der Waals surface area contributed by atoms with Gasteiger partial charge in [-0.25, -0.2) is 9.59 Å². The van der Waals surface area contributed by atoms with E-state index in [0.717, 1.165) is 15.7 Å². The molecule has 4 aliphatic heterocycles. The first kappa shape index (κ1) is 29.6. The number of allylic oxidation sites excluding steroid dienone is 4. The maximum Gasteiger partial charge on any atom is 0.346 e. The molecule has 4 aliphatic rings. The molecule has 0 saturated heterocycles. The van der Waals surface area contributed by atoms with Crippen molar-refractivity contribution in [1.82, 2.24) is 0 Å². The van der Waals surface area contributed by atoms with Crippen LogP contribution in [0.15, 0.2) is 68.0 Å². The Hall–Kier alpha value is 0.620. The van der Waals surface area contributed by atoms with Gasteiger partial charge in [-0.05, 0) is 35.8 Å². The Labute approximate surface area is 253 Å². The molecule has 0 saturated carbocycles. The number of hydrogen-bond acceptors (Lipinski definition) is 14. The molecule has 4 rings (SSSR count). The van der Waals surface area contributed by atoms with Crippen molar-refractivity contribution in [2.45, 2.75) is 13.8 Å². The third-order valence-electron chi connectivity index (χ3n) is 4.11. The highest BCUT2D eigenvalue weighted by Gasteiger charge is 2.33. The van der Waals surface area contributed by atoms with Gasteiger partial charge in [-0.1, -0.05) is 108 Å². The third kappa shape index (κ3) is 7.42. The summed E-state index contributed by atoms with van der Waals surface area (Å²) in [5.41, 5.74) is 0. The van der Waals surface area contributed by atoms with Gasteiger partial charge >= 0.3 is 11.9 Å². The van der Waals surface area contributed by atoms with Crippen LogP contribution in [0.4, 0.5) is 0 Å². The number of carbonyl (C=O) groups is 2. The van der Waals surface area contributed by atoms with E-state index in [9.17, 15) is 9.59 Å². The molecule has 0 spiro atoms. The van der Waals surface area contributed by atoms with E-state index in [4.69, 9.17) is 9.47 Å². The first-order valence-electron chi connectivity index (χ1n) is 10.4. The fourth-order valence-corrected chi connectivity index (χ4v) is 16.4. The first-order chi connectivity index (χ1) is 17.4. The van der Waals surface area contributed by atoms with E-state index >= 15 is 0 Å². The molecular formula is C22H20O4S10. The zero-order valence-corrected chi connectivity index (χ0v) is 27.6. The normalized spacial score (nSPS) is 19.4. The fraction of sp³-hybridized carbons (Fsp3) is 0.273. The van der Waals surface area contributed by atoms with Gasteiger partial charge in [0.15, 0.2) is 0 Å². The van der Waals surface area contributed by atoms with E-state index in [0.29, 0.717) is 0 Å². The summed E-state index contributed by atoms with van der Waals surface area (Å²) in [6, 6.07) is 0. The standard InChI is InChI=1S/C22H20O4S10/c1-5-27-19-20(28-6-2)32-12(31-19)9-10-14-35-21-22(36-14)34-13(33-21)8-7-11-29-15(17(23)25-3)16(30-11)18(24)26-4/h7-10H,5-6H2,1-4H3. The van der Waals surface area contributed by atoms with Gasteiger partial charge in [0, 0.05) is 0 Å². The summed E-state index contributed by atoms with van der Waals surface area (Å²) in [5.74, 6) is 1.15. The van der Waals surface area contributed by atoms with Crippen molar-refractivity contribution in [3.05, 3.63) is 68.0 Å². The van der Waals surface area contributed by atoms with Gasteiger partial charge in [0.05, 0.1) is 48.1 Å². The number of methoxy groups -OCH3 is 2. The Balaban J connectivity index is 1.33. The monoisotopic (exact) mass is 668 g/mol. The van der Waals surface area contributed by atoms with Gasteiger partial charge in [-0.2, -0.15) is 0 Å². The molecular weight excluding hydrogens is 649 g/mol. The molecule has 0 amide bonds. The number of esters is 2. The summed E-state index contributed by atoms with van der Waals surface area (Å²) in [4.78, 5) is 24.6. The minimum atomic E-state index is -0.526. The third-order valence-corrected chi connectivity index (χ3v) is 17.2. The molecule has 0 fully saturated rings. The number of hydrogen-bond donors (Lipinski definition) is 0. The summed E-state index contributed by atoms with van der Waals surface area (Å²) >= 11 is 17.3. The van der Waals surface area contributed by atoms with Crippen molar-refractivity contribution in [2.24, 2.45) is 0 Å². The van der Waals surface area contributed by atoms with Crippen LogP contribution in [-0.2, 0) is 19.1 Å². The highest BCUT2D eigenvalue weighted by atomic mass is 32.3. The second kappa shape index (κ2) is 14.3. The molecule has 0 aliphatic carbocycles. The average Bonchev–Trinajstić information content (AvgIpc) is 3.63. The number of thioether (sulfide) groups is 10. The van der Waals surface area contributed by atoms with E-state index in [1.165, 1.54) is 67.4 Å². The smallest absolute Gasteiger partial charge is 0.346 e. The number of carbonyl (C=O) groups excluding carboxylic acids is 2. The molecule has 192 valence electrons. The number of ether oxygens (including phenoxy) is 2. The zero-order chi connectivity index (χ0) is 25.7. The molecule has 0 radical (unpaired) electrons. The van der Waals surface area contributed by atoms with Gasteiger partial charge in [0.1, 0.15) is 9.81 Å². The lowest BCUT2D eigenvalue weighted by molar-refractivity contribution is -0.138. The molecule has 14 heteroatoms. The molecule has 0 N–H and O–H groups in total. The van der Waals surface area contributed by atoms with Crippen molar-refractivity contribution in [2.75, 3.05) is 25.7 Å². The Morgan fingerprint density at radius 1 is 0.611 bits per heavy atom. The second-order valence-electron chi connectivity index (χ2n) is 6.42. The molecule has 0 bridgehead atoms. The highest BCUT2D eigenvalue weighted by Crippen LogP contribution is 2.67. The van der Waals surface area contributed by atoms with Crippen LogP contribution >= 0.6 is 118 Å². The van der Waals surface area contributed by atoms with Crippen LogP contribution in [-0.4, -0.2) is 37.7 Å². The summed E-state index contributed by atoms with van der Waals surface area (Å²) in [7, 11) is 2.61. The number of rotatable bonds is 8. The van der Waals surface area contributed by atoms with Crippen LogP contribution in [0.25, 0.3) is 0 Å². The van der Waals surface area contributed by atoms with Gasteiger partial charge < -0.3 is 9.47 Å². The molecule has 4 nitrogen and oxygen atoms in total. The van der Waals surface area contributed by atoms with Crippen LogP contribution in [0.5, 0.6) is 0 Å². The predicted octanol–water partition coefficient (Wildman–Crippen LogP) is 9.59. The Bertz CT molecular complexity index is 1100. The first-order valence-corrected chi connectivity index (χ1v) is 18.9. The Morgan fingerprint density at radius 2 is 0.944 bits per heavy atom. The summed E-state index contributed by atoms with van der Waals surface area (Å²) in [6.07, 6.45) is 8.48. The van der Waals surface area contributed by atoms with Crippen LogP contribution < -0.4 is 0 Å². The van der Waals surface area contributed by atoms with Gasteiger partial charge in [0.25, 0.3) is 0 Å². The molecule has 0 unspecified atom stereocenters. The molecule has 0 aromatic heterocycles. The molecule has 4 heterocycles. The quantitative estimate of drug-likeness (QED) is 0.231. The maximum atomic E-state index is 12.0. The van der Waals surface area contributed by atoms with E-state index in [1.54, 1.807) is 23.5 Å². The lowest BCUT2D eigenvalue weighted by Gasteiger charge is -2.01. The van der Waals surface area contributed by atoms with Crippen LogP contribution in [0.1, 0.15) is 13.8 Å². The SMILES string of the molecule is CCSC1=C(SCC)SC(=CC=C2SC3=C(S2)SC(=CC=C2SC(C(=O)OC)=C(C(=O)OC)S2)S3)S1. The molecule has 0 aromatic rings. The summed E-state index contributed by atoms with van der Waals surface area (Å²) in [5, 5.41) is 0. The summed E-state index contributed by atoms with van der Waals surface area (Å²) in [6.45, 7) is 4.41.